The zero-order valence-electron chi connectivity index (χ0n) is 8.96. The third kappa shape index (κ3) is 4.42. The number of nitrogens with one attached hydrogen (secondary N) is 1. The van der Waals surface area contributed by atoms with Gasteiger partial charge in [0.2, 0.25) is 0 Å². The Balaban J connectivity index is 2.43. The SMILES string of the molecule is CC(C)CCNC(=O)c1ccc(Br)cn1. The molecule has 0 atom stereocenters. The van der Waals surface area contributed by atoms with Crippen LogP contribution in [0.5, 0.6) is 0 Å². The van der Waals surface area contributed by atoms with Gasteiger partial charge < -0.3 is 5.32 Å². The van der Waals surface area contributed by atoms with Crippen molar-refractivity contribution < 1.29 is 4.79 Å². The van der Waals surface area contributed by atoms with Crippen molar-refractivity contribution in [2.45, 2.75) is 20.3 Å². The van der Waals surface area contributed by atoms with Crippen LogP contribution in [-0.2, 0) is 0 Å². The number of carbonyl (C=O) groups is 1. The standard InChI is InChI=1S/C11H15BrN2O/c1-8(2)5-6-13-11(15)10-4-3-9(12)7-14-10/h3-4,7-8H,5-6H2,1-2H3,(H,13,15). The summed E-state index contributed by atoms with van der Waals surface area (Å²) < 4.78 is 0.876. The number of nitrogens with zero attached hydrogens (tertiary/aromatic N) is 1. The molecule has 1 heterocycles. The lowest BCUT2D eigenvalue weighted by Gasteiger charge is -2.06. The lowest BCUT2D eigenvalue weighted by atomic mass is 10.1. The van der Waals surface area contributed by atoms with Crippen LogP contribution in [0.1, 0.15) is 30.8 Å². The van der Waals surface area contributed by atoms with E-state index in [1.807, 2.05) is 6.07 Å². The lowest BCUT2D eigenvalue weighted by Crippen LogP contribution is -2.26. The minimum atomic E-state index is -0.108. The first-order valence-electron chi connectivity index (χ1n) is 4.99. The summed E-state index contributed by atoms with van der Waals surface area (Å²) in [5.74, 6) is 0.492. The summed E-state index contributed by atoms with van der Waals surface area (Å²) in [6.07, 6.45) is 2.61. The highest BCUT2D eigenvalue weighted by molar-refractivity contribution is 9.10. The predicted molar refractivity (Wildman–Crippen MR) is 63.7 cm³/mol. The van der Waals surface area contributed by atoms with Gasteiger partial charge in [0, 0.05) is 17.2 Å². The molecule has 0 saturated heterocycles. The molecule has 0 saturated carbocycles. The zero-order valence-corrected chi connectivity index (χ0v) is 10.5. The molecule has 0 bridgehead atoms. The maximum absolute atomic E-state index is 11.5. The number of rotatable bonds is 4. The van der Waals surface area contributed by atoms with E-state index in [0.29, 0.717) is 18.2 Å². The average Bonchev–Trinajstić information content (AvgIpc) is 2.18. The normalized spacial score (nSPS) is 10.4. The monoisotopic (exact) mass is 270 g/mol. The molecule has 1 N–H and O–H groups in total. The molecule has 1 amide bonds. The van der Waals surface area contributed by atoms with Gasteiger partial charge in [0.1, 0.15) is 5.69 Å². The van der Waals surface area contributed by atoms with Crippen molar-refractivity contribution in [3.8, 4) is 0 Å². The summed E-state index contributed by atoms with van der Waals surface area (Å²) in [4.78, 5) is 15.6. The molecule has 1 aromatic heterocycles. The lowest BCUT2D eigenvalue weighted by molar-refractivity contribution is 0.0947. The van der Waals surface area contributed by atoms with E-state index in [0.717, 1.165) is 10.9 Å². The first-order chi connectivity index (χ1) is 7.09. The molecule has 0 unspecified atom stereocenters. The number of halogens is 1. The van der Waals surface area contributed by atoms with Crippen LogP contribution in [0.2, 0.25) is 0 Å². The molecule has 0 aliphatic carbocycles. The minimum Gasteiger partial charge on any atom is -0.351 e. The van der Waals surface area contributed by atoms with Crippen LogP contribution >= 0.6 is 15.9 Å². The van der Waals surface area contributed by atoms with Crippen LogP contribution in [0.3, 0.4) is 0 Å². The fourth-order valence-electron chi connectivity index (χ4n) is 1.08. The third-order valence-electron chi connectivity index (χ3n) is 1.97. The van der Waals surface area contributed by atoms with Gasteiger partial charge in [-0.2, -0.15) is 0 Å². The number of hydrogen-bond donors (Lipinski definition) is 1. The molecule has 0 spiro atoms. The summed E-state index contributed by atoms with van der Waals surface area (Å²) in [6, 6.07) is 3.51. The van der Waals surface area contributed by atoms with Gasteiger partial charge in [0.15, 0.2) is 0 Å². The van der Waals surface area contributed by atoms with Crippen LogP contribution in [-0.4, -0.2) is 17.4 Å². The van der Waals surface area contributed by atoms with Crippen molar-refractivity contribution in [3.63, 3.8) is 0 Å². The second-order valence-corrected chi connectivity index (χ2v) is 4.72. The summed E-state index contributed by atoms with van der Waals surface area (Å²) in [5, 5.41) is 2.83. The molecule has 0 aliphatic heterocycles. The number of aromatic nitrogens is 1. The first kappa shape index (κ1) is 12.2. The first-order valence-corrected chi connectivity index (χ1v) is 5.78. The molecular weight excluding hydrogens is 256 g/mol. The number of hydrogen-bond acceptors (Lipinski definition) is 2. The van der Waals surface area contributed by atoms with Crippen LogP contribution in [0.15, 0.2) is 22.8 Å². The van der Waals surface area contributed by atoms with E-state index < -0.39 is 0 Å². The summed E-state index contributed by atoms with van der Waals surface area (Å²) in [6.45, 7) is 4.96. The Kier molecular flexibility index (Phi) is 4.75. The van der Waals surface area contributed by atoms with Gasteiger partial charge >= 0.3 is 0 Å². The van der Waals surface area contributed by atoms with Gasteiger partial charge in [-0.25, -0.2) is 4.98 Å². The van der Waals surface area contributed by atoms with E-state index >= 15 is 0 Å². The highest BCUT2D eigenvalue weighted by Gasteiger charge is 2.05. The van der Waals surface area contributed by atoms with Crippen molar-refractivity contribution >= 4 is 21.8 Å². The van der Waals surface area contributed by atoms with Crippen molar-refractivity contribution in [3.05, 3.63) is 28.5 Å². The van der Waals surface area contributed by atoms with Gasteiger partial charge in [-0.1, -0.05) is 13.8 Å². The van der Waals surface area contributed by atoms with Crippen molar-refractivity contribution in [2.75, 3.05) is 6.54 Å². The summed E-state index contributed by atoms with van der Waals surface area (Å²) in [5.41, 5.74) is 0.460. The molecule has 82 valence electrons. The van der Waals surface area contributed by atoms with Crippen LogP contribution in [0.4, 0.5) is 0 Å². The smallest absolute Gasteiger partial charge is 0.269 e. The van der Waals surface area contributed by atoms with Crippen LogP contribution in [0, 0.1) is 5.92 Å². The van der Waals surface area contributed by atoms with E-state index in [1.54, 1.807) is 12.3 Å². The summed E-state index contributed by atoms with van der Waals surface area (Å²) in [7, 11) is 0. The van der Waals surface area contributed by atoms with Gasteiger partial charge in [0.25, 0.3) is 5.91 Å². The van der Waals surface area contributed by atoms with E-state index in [1.165, 1.54) is 0 Å². The number of amides is 1. The van der Waals surface area contributed by atoms with E-state index in [2.05, 4.69) is 40.1 Å². The Labute approximate surface area is 98.4 Å². The zero-order chi connectivity index (χ0) is 11.3. The molecule has 1 rings (SSSR count). The van der Waals surface area contributed by atoms with Gasteiger partial charge in [-0.15, -0.1) is 0 Å². The minimum absolute atomic E-state index is 0.108. The Morgan fingerprint density at radius 2 is 2.27 bits per heavy atom. The van der Waals surface area contributed by atoms with Crippen LogP contribution < -0.4 is 5.32 Å². The Morgan fingerprint density at radius 3 is 2.80 bits per heavy atom. The summed E-state index contributed by atoms with van der Waals surface area (Å²) >= 11 is 3.27. The van der Waals surface area contributed by atoms with E-state index in [9.17, 15) is 4.79 Å². The van der Waals surface area contributed by atoms with Gasteiger partial charge in [-0.3, -0.25) is 4.79 Å². The molecule has 0 radical (unpaired) electrons. The highest BCUT2D eigenvalue weighted by Crippen LogP contribution is 2.07. The number of carbonyl (C=O) groups excluding carboxylic acids is 1. The van der Waals surface area contributed by atoms with Crippen molar-refractivity contribution in [2.24, 2.45) is 5.92 Å². The molecule has 4 heteroatoms. The maximum atomic E-state index is 11.5. The predicted octanol–water partition coefficient (Wildman–Crippen LogP) is 2.62. The van der Waals surface area contributed by atoms with Crippen molar-refractivity contribution in [1.82, 2.24) is 10.3 Å². The van der Waals surface area contributed by atoms with Crippen molar-refractivity contribution in [1.29, 1.82) is 0 Å². The molecule has 0 aliphatic rings. The molecule has 3 nitrogen and oxygen atoms in total. The van der Waals surface area contributed by atoms with Crippen LogP contribution in [0.25, 0.3) is 0 Å². The molecular formula is C11H15BrN2O. The molecule has 15 heavy (non-hydrogen) atoms. The van der Waals surface area contributed by atoms with E-state index in [-0.39, 0.29) is 5.91 Å². The average molecular weight is 271 g/mol. The second-order valence-electron chi connectivity index (χ2n) is 3.80. The topological polar surface area (TPSA) is 42.0 Å². The maximum Gasteiger partial charge on any atom is 0.269 e. The number of pyridine rings is 1. The van der Waals surface area contributed by atoms with E-state index in [4.69, 9.17) is 0 Å². The Bertz CT molecular complexity index is 322. The fraction of sp³-hybridized carbons (Fsp3) is 0.455. The molecule has 1 aromatic rings. The highest BCUT2D eigenvalue weighted by atomic mass is 79.9. The van der Waals surface area contributed by atoms with Gasteiger partial charge in [0.05, 0.1) is 0 Å². The fourth-order valence-corrected chi connectivity index (χ4v) is 1.31. The largest absolute Gasteiger partial charge is 0.351 e. The Hall–Kier alpha value is -0.900. The van der Waals surface area contributed by atoms with Gasteiger partial charge in [-0.05, 0) is 40.4 Å². The molecule has 0 fully saturated rings. The quantitative estimate of drug-likeness (QED) is 0.914. The molecule has 0 aromatic carbocycles. The second kappa shape index (κ2) is 5.85. The third-order valence-corrected chi connectivity index (χ3v) is 2.44. The Morgan fingerprint density at radius 1 is 1.53 bits per heavy atom.